The lowest BCUT2D eigenvalue weighted by atomic mass is 10.2. The molecule has 1 aromatic heterocycles. The molecule has 1 heterocycles. The van der Waals surface area contributed by atoms with Crippen LogP contribution in [0.2, 0.25) is 0 Å². The Balaban J connectivity index is 1.79. The van der Waals surface area contributed by atoms with Gasteiger partial charge in [-0.3, -0.25) is 0 Å². The van der Waals surface area contributed by atoms with Crippen LogP contribution in [0.15, 0.2) is 53.0 Å². The maximum Gasteiger partial charge on any atom is 0.184 e. The Morgan fingerprint density at radius 1 is 1.11 bits per heavy atom. The van der Waals surface area contributed by atoms with Gasteiger partial charge in [0, 0.05) is 11.0 Å². The largest absolute Gasteiger partial charge is 0.357 e. The number of hydrogen-bond donors (Lipinski definition) is 1. The Kier molecular flexibility index (Phi) is 3.30. The van der Waals surface area contributed by atoms with Crippen LogP contribution in [0.5, 0.6) is 0 Å². The van der Waals surface area contributed by atoms with Gasteiger partial charge in [0.25, 0.3) is 0 Å². The Hall–Kier alpha value is -1.39. The second-order valence-electron chi connectivity index (χ2n) is 3.97. The van der Waals surface area contributed by atoms with E-state index in [0.717, 1.165) is 21.7 Å². The third-order valence-corrected chi connectivity index (χ3v) is 4.12. The summed E-state index contributed by atoms with van der Waals surface area (Å²) in [5, 5.41) is 4.33. The molecule has 0 amide bonds. The minimum absolute atomic E-state index is 0.807. The fraction of sp³-hybridized carbons (Fsp3) is 0.0714. The zero-order valence-electron chi connectivity index (χ0n) is 9.56. The number of nitrogens with one attached hydrogen (secondary N) is 1. The summed E-state index contributed by atoms with van der Waals surface area (Å²) in [4.78, 5) is 4.57. The number of anilines is 1. The molecule has 3 rings (SSSR count). The first kappa shape index (κ1) is 11.7. The number of benzene rings is 2. The van der Waals surface area contributed by atoms with E-state index in [1.54, 1.807) is 11.3 Å². The predicted octanol–water partition coefficient (Wildman–Crippen LogP) is 4.67. The van der Waals surface area contributed by atoms with Crippen molar-refractivity contribution in [3.8, 4) is 0 Å². The lowest BCUT2D eigenvalue weighted by molar-refractivity contribution is 1.14. The molecule has 90 valence electrons. The molecule has 2 nitrogen and oxygen atoms in total. The van der Waals surface area contributed by atoms with E-state index in [2.05, 4.69) is 44.4 Å². The van der Waals surface area contributed by atoms with Crippen molar-refractivity contribution in [2.75, 3.05) is 5.32 Å². The van der Waals surface area contributed by atoms with Crippen molar-refractivity contribution in [3.05, 3.63) is 58.6 Å². The summed E-state index contributed by atoms with van der Waals surface area (Å²) in [7, 11) is 0. The highest BCUT2D eigenvalue weighted by molar-refractivity contribution is 9.10. The van der Waals surface area contributed by atoms with Gasteiger partial charge in [-0.2, -0.15) is 0 Å². The molecule has 0 aliphatic heterocycles. The van der Waals surface area contributed by atoms with Gasteiger partial charge < -0.3 is 5.32 Å². The Morgan fingerprint density at radius 2 is 1.94 bits per heavy atom. The molecule has 2 aromatic carbocycles. The van der Waals surface area contributed by atoms with Crippen molar-refractivity contribution >= 4 is 42.6 Å². The summed E-state index contributed by atoms with van der Waals surface area (Å²) in [6.45, 7) is 0.807. The average molecular weight is 319 g/mol. The van der Waals surface area contributed by atoms with Crippen molar-refractivity contribution in [2.45, 2.75) is 6.54 Å². The Bertz CT molecular complexity index is 664. The minimum atomic E-state index is 0.807. The Morgan fingerprint density at radius 3 is 2.78 bits per heavy atom. The van der Waals surface area contributed by atoms with Gasteiger partial charge in [-0.15, -0.1) is 0 Å². The van der Waals surface area contributed by atoms with Gasteiger partial charge in [-0.05, 0) is 23.8 Å². The van der Waals surface area contributed by atoms with E-state index in [1.807, 2.05) is 30.3 Å². The van der Waals surface area contributed by atoms with Gasteiger partial charge in [0.1, 0.15) is 0 Å². The average Bonchev–Trinajstić information content (AvgIpc) is 2.79. The molecule has 4 heteroatoms. The maximum atomic E-state index is 4.57. The van der Waals surface area contributed by atoms with E-state index in [0.29, 0.717) is 0 Å². The van der Waals surface area contributed by atoms with Crippen molar-refractivity contribution < 1.29 is 0 Å². The van der Waals surface area contributed by atoms with Crippen LogP contribution in [-0.4, -0.2) is 4.98 Å². The van der Waals surface area contributed by atoms with Crippen LogP contribution >= 0.6 is 27.3 Å². The van der Waals surface area contributed by atoms with Crippen molar-refractivity contribution in [1.82, 2.24) is 4.98 Å². The molecule has 0 bridgehead atoms. The van der Waals surface area contributed by atoms with Crippen LogP contribution < -0.4 is 5.32 Å². The summed E-state index contributed by atoms with van der Waals surface area (Å²) in [5.74, 6) is 0. The molecule has 0 unspecified atom stereocenters. The summed E-state index contributed by atoms with van der Waals surface area (Å²) in [6.07, 6.45) is 0. The fourth-order valence-electron chi connectivity index (χ4n) is 1.75. The van der Waals surface area contributed by atoms with Crippen molar-refractivity contribution in [2.24, 2.45) is 0 Å². The van der Waals surface area contributed by atoms with Crippen molar-refractivity contribution in [3.63, 3.8) is 0 Å². The number of hydrogen-bond acceptors (Lipinski definition) is 3. The number of nitrogens with zero attached hydrogens (tertiary/aromatic N) is 1. The second-order valence-corrected chi connectivity index (χ2v) is 5.92. The SMILES string of the molecule is Brc1ccc2sc(NCc3ccccc3)nc2c1. The van der Waals surface area contributed by atoms with E-state index < -0.39 is 0 Å². The summed E-state index contributed by atoms with van der Waals surface area (Å²) in [6, 6.07) is 16.5. The van der Waals surface area contributed by atoms with Crippen LogP contribution in [0.25, 0.3) is 10.2 Å². The van der Waals surface area contributed by atoms with E-state index in [1.165, 1.54) is 10.3 Å². The molecular formula is C14H11BrN2S. The summed E-state index contributed by atoms with van der Waals surface area (Å²) >= 11 is 5.14. The quantitative estimate of drug-likeness (QED) is 0.759. The highest BCUT2D eigenvalue weighted by atomic mass is 79.9. The first-order chi connectivity index (χ1) is 8.81. The zero-order valence-corrected chi connectivity index (χ0v) is 12.0. The molecule has 0 fully saturated rings. The number of fused-ring (bicyclic) bond motifs is 1. The lowest BCUT2D eigenvalue weighted by Crippen LogP contribution is -1.97. The molecule has 18 heavy (non-hydrogen) atoms. The normalized spacial score (nSPS) is 10.7. The molecule has 0 aliphatic rings. The van der Waals surface area contributed by atoms with Gasteiger partial charge in [0.2, 0.25) is 0 Å². The first-order valence-electron chi connectivity index (χ1n) is 5.65. The Labute approximate surface area is 118 Å². The van der Waals surface area contributed by atoms with Gasteiger partial charge in [-0.1, -0.05) is 57.6 Å². The third-order valence-electron chi connectivity index (χ3n) is 2.64. The molecule has 0 atom stereocenters. The molecule has 0 radical (unpaired) electrons. The third kappa shape index (κ3) is 2.54. The maximum absolute atomic E-state index is 4.57. The second kappa shape index (κ2) is 5.08. The highest BCUT2D eigenvalue weighted by Gasteiger charge is 2.03. The topological polar surface area (TPSA) is 24.9 Å². The van der Waals surface area contributed by atoms with Crippen LogP contribution in [0.1, 0.15) is 5.56 Å². The van der Waals surface area contributed by atoms with E-state index in [4.69, 9.17) is 0 Å². The molecule has 0 aliphatic carbocycles. The smallest absolute Gasteiger partial charge is 0.184 e. The molecule has 0 spiro atoms. The van der Waals surface area contributed by atoms with E-state index >= 15 is 0 Å². The molecule has 1 N–H and O–H groups in total. The standard InChI is InChI=1S/C14H11BrN2S/c15-11-6-7-13-12(8-11)17-14(18-13)16-9-10-4-2-1-3-5-10/h1-8H,9H2,(H,16,17). The molecule has 3 aromatic rings. The number of rotatable bonds is 3. The van der Waals surface area contributed by atoms with Crippen LogP contribution in [0.3, 0.4) is 0 Å². The monoisotopic (exact) mass is 318 g/mol. The minimum Gasteiger partial charge on any atom is -0.357 e. The van der Waals surface area contributed by atoms with E-state index in [-0.39, 0.29) is 0 Å². The van der Waals surface area contributed by atoms with Gasteiger partial charge in [0.05, 0.1) is 10.2 Å². The predicted molar refractivity (Wildman–Crippen MR) is 81.1 cm³/mol. The molecular weight excluding hydrogens is 308 g/mol. The lowest BCUT2D eigenvalue weighted by Gasteiger charge is -2.01. The molecule has 0 saturated heterocycles. The zero-order chi connectivity index (χ0) is 12.4. The van der Waals surface area contributed by atoms with Gasteiger partial charge >= 0.3 is 0 Å². The number of halogens is 1. The van der Waals surface area contributed by atoms with E-state index in [9.17, 15) is 0 Å². The molecule has 0 saturated carbocycles. The number of aromatic nitrogens is 1. The highest BCUT2D eigenvalue weighted by Crippen LogP contribution is 2.28. The van der Waals surface area contributed by atoms with Crippen LogP contribution in [-0.2, 0) is 6.54 Å². The van der Waals surface area contributed by atoms with Gasteiger partial charge in [0.15, 0.2) is 5.13 Å². The van der Waals surface area contributed by atoms with Gasteiger partial charge in [-0.25, -0.2) is 4.98 Å². The summed E-state index contributed by atoms with van der Waals surface area (Å²) < 4.78 is 2.27. The summed E-state index contributed by atoms with van der Waals surface area (Å²) in [5.41, 5.74) is 2.29. The van der Waals surface area contributed by atoms with Crippen LogP contribution in [0.4, 0.5) is 5.13 Å². The fourth-order valence-corrected chi connectivity index (χ4v) is 2.94. The first-order valence-corrected chi connectivity index (χ1v) is 7.26. The van der Waals surface area contributed by atoms with Crippen LogP contribution in [0, 0.1) is 0 Å². The van der Waals surface area contributed by atoms with Crippen molar-refractivity contribution in [1.29, 1.82) is 0 Å². The number of thiazole rings is 1.